The van der Waals surface area contributed by atoms with E-state index in [1.807, 2.05) is 12.4 Å². The van der Waals surface area contributed by atoms with Gasteiger partial charge in [-0.15, -0.1) is 0 Å². The highest BCUT2D eigenvalue weighted by atomic mass is 15.2. The molecule has 6 heteroatoms. The van der Waals surface area contributed by atoms with Crippen LogP contribution in [0, 0.1) is 0 Å². The lowest BCUT2D eigenvalue weighted by Crippen LogP contribution is -2.17. The van der Waals surface area contributed by atoms with E-state index in [9.17, 15) is 0 Å². The van der Waals surface area contributed by atoms with E-state index < -0.39 is 0 Å². The second-order valence-electron chi connectivity index (χ2n) is 15.8. The number of aromatic nitrogens is 4. The molecule has 1 aliphatic carbocycles. The van der Waals surface area contributed by atoms with E-state index >= 15 is 0 Å². The predicted octanol–water partition coefficient (Wildman–Crippen LogP) is 13.1. The van der Waals surface area contributed by atoms with Crippen LogP contribution < -0.4 is 9.80 Å². The van der Waals surface area contributed by atoms with Crippen LogP contribution in [-0.2, 0) is 5.41 Å². The summed E-state index contributed by atoms with van der Waals surface area (Å²) in [4.78, 5) is 22.7. The van der Waals surface area contributed by atoms with Crippen LogP contribution in [0.5, 0.6) is 0 Å². The highest BCUT2D eigenvalue weighted by Crippen LogP contribution is 2.52. The normalized spacial score (nSPS) is 13.0. The number of nitrogens with zero attached hydrogens (tertiary/aromatic N) is 6. The van der Waals surface area contributed by atoms with Gasteiger partial charge in [0.1, 0.15) is 0 Å². The monoisotopic (exact) mass is 716 g/mol. The largest absolute Gasteiger partial charge is 0.294 e. The fraction of sp³-hybridized carbons (Fsp3) is 0.184. The number of fused-ring (bicyclic) bond motifs is 5. The molecule has 1 aliphatic rings. The quantitative estimate of drug-likeness (QED) is 0.146. The third kappa shape index (κ3) is 6.08. The van der Waals surface area contributed by atoms with Gasteiger partial charge in [-0.3, -0.25) is 19.8 Å². The highest BCUT2D eigenvalue weighted by Gasteiger charge is 2.36. The molecule has 2 aromatic heterocycles. The predicted molar refractivity (Wildman–Crippen MR) is 228 cm³/mol. The minimum absolute atomic E-state index is 0.203. The van der Waals surface area contributed by atoms with Gasteiger partial charge in [0.2, 0.25) is 0 Å². The van der Waals surface area contributed by atoms with Gasteiger partial charge in [0.05, 0.1) is 12.4 Å². The van der Waals surface area contributed by atoms with E-state index in [2.05, 4.69) is 171 Å². The number of anilines is 6. The first kappa shape index (κ1) is 34.4. The van der Waals surface area contributed by atoms with Crippen molar-refractivity contribution in [3.05, 3.63) is 169 Å². The van der Waals surface area contributed by atoms with Crippen molar-refractivity contribution < 1.29 is 0 Å². The molecule has 0 saturated carbocycles. The van der Waals surface area contributed by atoms with Crippen LogP contribution in [0.1, 0.15) is 75.6 Å². The molecule has 0 saturated heterocycles. The standard InChI is InChI=1S/C49H44N6/c1-31(2)33-7-12-39(13-8-33)54(47-29-50-19-21-52-47)41-16-11-35-23-38-27-45-44(26-37(38)24-36(35)25-41)43-18-17-42(28-46(43)49(45,5)6)55(48-30-51-20-22-53-48)40-14-9-34(10-15-40)32(3)4/h7-32H,1-6H3. The van der Waals surface area contributed by atoms with Crippen LogP contribution in [-0.4, -0.2) is 19.9 Å². The third-order valence-electron chi connectivity index (χ3n) is 11.3. The average molecular weight is 717 g/mol. The molecular formula is C49H44N6. The Morgan fingerprint density at radius 2 is 0.909 bits per heavy atom. The Labute approximate surface area is 323 Å². The maximum atomic E-state index is 4.74. The molecule has 2 heterocycles. The zero-order valence-corrected chi connectivity index (χ0v) is 32.2. The van der Waals surface area contributed by atoms with Crippen molar-refractivity contribution in [2.45, 2.75) is 58.8 Å². The zero-order chi connectivity index (χ0) is 37.8. The van der Waals surface area contributed by atoms with E-state index in [4.69, 9.17) is 9.97 Å². The maximum Gasteiger partial charge on any atom is 0.156 e. The smallest absolute Gasteiger partial charge is 0.156 e. The lowest BCUT2D eigenvalue weighted by molar-refractivity contribution is 0.661. The van der Waals surface area contributed by atoms with Gasteiger partial charge in [0.15, 0.2) is 11.6 Å². The molecule has 9 rings (SSSR count). The number of benzene rings is 6. The molecule has 0 bridgehead atoms. The molecule has 0 aliphatic heterocycles. The lowest BCUT2D eigenvalue weighted by atomic mass is 9.81. The molecule has 0 unspecified atom stereocenters. The van der Waals surface area contributed by atoms with Crippen LogP contribution in [0.4, 0.5) is 34.4 Å². The first-order chi connectivity index (χ1) is 26.7. The Balaban J connectivity index is 1.13. The molecule has 55 heavy (non-hydrogen) atoms. The molecule has 0 fully saturated rings. The van der Waals surface area contributed by atoms with Gasteiger partial charge in [0, 0.05) is 53.0 Å². The van der Waals surface area contributed by atoms with Crippen molar-refractivity contribution in [3.63, 3.8) is 0 Å². The van der Waals surface area contributed by atoms with Gasteiger partial charge in [-0.1, -0.05) is 77.9 Å². The van der Waals surface area contributed by atoms with Crippen LogP contribution in [0.2, 0.25) is 0 Å². The highest BCUT2D eigenvalue weighted by molar-refractivity contribution is 6.03. The molecule has 0 amide bonds. The van der Waals surface area contributed by atoms with Crippen molar-refractivity contribution in [2.75, 3.05) is 9.80 Å². The Morgan fingerprint density at radius 3 is 1.45 bits per heavy atom. The van der Waals surface area contributed by atoms with Gasteiger partial charge in [-0.05, 0) is 140 Å². The molecule has 8 aromatic rings. The van der Waals surface area contributed by atoms with Crippen LogP contribution >= 0.6 is 0 Å². The van der Waals surface area contributed by atoms with E-state index in [1.165, 1.54) is 54.9 Å². The summed E-state index contributed by atoms with van der Waals surface area (Å²) in [7, 11) is 0. The Kier molecular flexibility index (Phi) is 8.42. The molecule has 0 atom stereocenters. The van der Waals surface area contributed by atoms with E-state index in [0.717, 1.165) is 34.4 Å². The summed E-state index contributed by atoms with van der Waals surface area (Å²) in [5, 5.41) is 4.83. The third-order valence-corrected chi connectivity index (χ3v) is 11.3. The first-order valence-electron chi connectivity index (χ1n) is 19.1. The number of rotatable bonds is 8. The van der Waals surface area contributed by atoms with Gasteiger partial charge in [0.25, 0.3) is 0 Å². The van der Waals surface area contributed by atoms with Gasteiger partial charge >= 0.3 is 0 Å². The van der Waals surface area contributed by atoms with E-state index in [0.29, 0.717) is 11.8 Å². The summed E-state index contributed by atoms with van der Waals surface area (Å²) >= 11 is 0. The fourth-order valence-electron chi connectivity index (χ4n) is 8.14. The summed E-state index contributed by atoms with van der Waals surface area (Å²) < 4.78 is 0. The minimum atomic E-state index is -0.203. The van der Waals surface area contributed by atoms with Crippen molar-refractivity contribution in [1.82, 2.24) is 19.9 Å². The molecular weight excluding hydrogens is 673 g/mol. The Morgan fingerprint density at radius 1 is 0.436 bits per heavy atom. The van der Waals surface area contributed by atoms with Gasteiger partial charge < -0.3 is 0 Å². The topological polar surface area (TPSA) is 58.0 Å². The molecule has 270 valence electrons. The van der Waals surface area contributed by atoms with E-state index in [1.54, 1.807) is 24.8 Å². The Bertz CT molecular complexity index is 2670. The fourth-order valence-corrected chi connectivity index (χ4v) is 8.14. The summed E-state index contributed by atoms with van der Waals surface area (Å²) in [6.45, 7) is 13.6. The van der Waals surface area contributed by atoms with Crippen molar-refractivity contribution in [3.8, 4) is 11.1 Å². The summed E-state index contributed by atoms with van der Waals surface area (Å²) in [5.41, 5.74) is 11.8. The summed E-state index contributed by atoms with van der Waals surface area (Å²) in [5.74, 6) is 2.48. The second kappa shape index (κ2) is 13.5. The van der Waals surface area contributed by atoms with Gasteiger partial charge in [-0.25, -0.2) is 9.97 Å². The summed E-state index contributed by atoms with van der Waals surface area (Å²) in [6.07, 6.45) is 10.6. The second-order valence-corrected chi connectivity index (χ2v) is 15.8. The molecule has 6 nitrogen and oxygen atoms in total. The van der Waals surface area contributed by atoms with Crippen molar-refractivity contribution in [1.29, 1.82) is 0 Å². The van der Waals surface area contributed by atoms with Crippen LogP contribution in [0.15, 0.2) is 146 Å². The maximum absolute atomic E-state index is 4.74. The molecule has 0 spiro atoms. The van der Waals surface area contributed by atoms with Crippen LogP contribution in [0.3, 0.4) is 0 Å². The molecule has 0 N–H and O–H groups in total. The SMILES string of the molecule is CC(C)c1ccc(N(c2ccc3c(c2)C(C)(C)c2cc4cc5ccc(N(c6ccc(C(C)C)cc6)c6cnccn6)cc5cc4cc2-3)c2cnccn2)cc1. The molecule has 6 aromatic carbocycles. The van der Waals surface area contributed by atoms with Gasteiger partial charge in [-0.2, -0.15) is 0 Å². The summed E-state index contributed by atoms with van der Waals surface area (Å²) in [6, 6.07) is 40.6. The minimum Gasteiger partial charge on any atom is -0.294 e. The molecule has 0 radical (unpaired) electrons. The van der Waals surface area contributed by atoms with Crippen molar-refractivity contribution >= 4 is 55.9 Å². The van der Waals surface area contributed by atoms with Crippen molar-refractivity contribution in [2.24, 2.45) is 0 Å². The number of hydrogen-bond acceptors (Lipinski definition) is 6. The van der Waals surface area contributed by atoms with Crippen LogP contribution in [0.25, 0.3) is 32.7 Å². The lowest BCUT2D eigenvalue weighted by Gasteiger charge is -2.27. The van der Waals surface area contributed by atoms with E-state index in [-0.39, 0.29) is 5.41 Å². The first-order valence-corrected chi connectivity index (χ1v) is 19.1. The number of hydrogen-bond donors (Lipinski definition) is 0. The average Bonchev–Trinajstić information content (AvgIpc) is 3.42. The Hall–Kier alpha value is -6.40. The zero-order valence-electron chi connectivity index (χ0n) is 32.2.